The molecule has 27 heavy (non-hydrogen) atoms. The minimum atomic E-state index is -4.54. The topological polar surface area (TPSA) is 84.6 Å². The van der Waals surface area contributed by atoms with E-state index in [1.807, 2.05) is 0 Å². The molecular weight excluding hydrogens is 363 g/mol. The lowest BCUT2D eigenvalue weighted by Crippen LogP contribution is -2.31. The van der Waals surface area contributed by atoms with Gasteiger partial charge in [0.05, 0.1) is 29.9 Å². The molecule has 1 fully saturated rings. The van der Waals surface area contributed by atoms with Crippen LogP contribution in [0.3, 0.4) is 0 Å². The Bertz CT molecular complexity index is 967. The second-order valence-electron chi connectivity index (χ2n) is 6.31. The summed E-state index contributed by atoms with van der Waals surface area (Å²) in [6, 6.07) is 2.84. The Kier molecular flexibility index (Phi) is 4.34. The van der Waals surface area contributed by atoms with Crippen molar-refractivity contribution in [1.82, 2.24) is 19.6 Å². The Morgan fingerprint density at radius 2 is 2.11 bits per heavy atom. The van der Waals surface area contributed by atoms with Gasteiger partial charge >= 0.3 is 6.18 Å². The highest BCUT2D eigenvalue weighted by molar-refractivity contribution is 5.80. The van der Waals surface area contributed by atoms with Crippen molar-refractivity contribution in [3.8, 4) is 17.0 Å². The van der Waals surface area contributed by atoms with Crippen LogP contribution in [-0.4, -0.2) is 43.9 Å². The van der Waals surface area contributed by atoms with E-state index in [0.29, 0.717) is 24.1 Å². The molecule has 0 unspecified atom stereocenters. The van der Waals surface area contributed by atoms with Crippen LogP contribution in [0, 0.1) is 0 Å². The third-order valence-corrected chi connectivity index (χ3v) is 4.43. The zero-order chi connectivity index (χ0) is 19.0. The third kappa shape index (κ3) is 3.39. The maximum Gasteiger partial charge on any atom is 0.416 e. The van der Waals surface area contributed by atoms with Crippen molar-refractivity contribution in [1.29, 1.82) is 0 Å². The van der Waals surface area contributed by atoms with E-state index in [9.17, 15) is 18.3 Å². The van der Waals surface area contributed by atoms with Gasteiger partial charge in [-0.2, -0.15) is 13.2 Å². The number of ether oxygens (including phenoxy) is 1. The zero-order valence-corrected chi connectivity index (χ0v) is 14.1. The number of rotatable bonds is 3. The van der Waals surface area contributed by atoms with Crippen molar-refractivity contribution in [3.05, 3.63) is 36.3 Å². The molecule has 0 saturated carbocycles. The first-order valence-electron chi connectivity index (χ1n) is 8.37. The number of halogens is 3. The summed E-state index contributed by atoms with van der Waals surface area (Å²) in [4.78, 5) is 4.08. The number of benzene rings is 1. The number of fused-ring (bicyclic) bond motifs is 1. The molecule has 3 heterocycles. The number of alkyl halides is 3. The number of nitrogens with zero attached hydrogens (tertiary/aromatic N) is 4. The fourth-order valence-corrected chi connectivity index (χ4v) is 3.07. The van der Waals surface area contributed by atoms with Crippen LogP contribution in [-0.2, 0) is 10.9 Å². The molecule has 0 spiro atoms. The van der Waals surface area contributed by atoms with Crippen LogP contribution in [0.1, 0.15) is 18.4 Å². The minimum absolute atomic E-state index is 0.0870. The van der Waals surface area contributed by atoms with Gasteiger partial charge in [0.2, 0.25) is 5.95 Å². The van der Waals surface area contributed by atoms with Crippen molar-refractivity contribution in [2.24, 2.45) is 0 Å². The Hall–Kier alpha value is -2.88. The van der Waals surface area contributed by atoms with E-state index < -0.39 is 17.5 Å². The highest BCUT2D eigenvalue weighted by Gasteiger charge is 2.31. The molecule has 3 aromatic rings. The molecule has 2 N–H and O–H groups in total. The molecule has 2 aromatic heterocycles. The number of imidazole rings is 1. The Balaban J connectivity index is 1.71. The molecular formula is C17H16F3N5O2. The summed E-state index contributed by atoms with van der Waals surface area (Å²) < 4.78 is 45.5. The molecule has 0 aliphatic carbocycles. The summed E-state index contributed by atoms with van der Waals surface area (Å²) in [5.41, 5.74) is -0.0335. The molecule has 1 aliphatic rings. The molecule has 0 bridgehead atoms. The van der Waals surface area contributed by atoms with Crippen LogP contribution in [0.15, 0.2) is 30.7 Å². The number of hydrogen-bond acceptors (Lipinski definition) is 6. The predicted octanol–water partition coefficient (Wildman–Crippen LogP) is 3.11. The molecule has 1 aliphatic heterocycles. The lowest BCUT2D eigenvalue weighted by atomic mass is 10.1. The van der Waals surface area contributed by atoms with Gasteiger partial charge in [0.15, 0.2) is 0 Å². The summed E-state index contributed by atoms with van der Waals surface area (Å²) in [6.07, 6.45) is 0.378. The molecule has 1 saturated heterocycles. The summed E-state index contributed by atoms with van der Waals surface area (Å²) in [7, 11) is 0. The molecule has 1 atom stereocenters. The van der Waals surface area contributed by atoms with E-state index in [4.69, 9.17) is 4.74 Å². The summed E-state index contributed by atoms with van der Waals surface area (Å²) in [5.74, 6) is -0.0724. The first-order valence-corrected chi connectivity index (χ1v) is 8.37. The summed E-state index contributed by atoms with van der Waals surface area (Å²) in [5, 5.41) is 21.6. The van der Waals surface area contributed by atoms with Gasteiger partial charge in [-0.15, -0.1) is 10.2 Å². The van der Waals surface area contributed by atoms with Crippen molar-refractivity contribution in [3.63, 3.8) is 0 Å². The normalized spacial score (nSPS) is 18.0. The predicted molar refractivity (Wildman–Crippen MR) is 90.3 cm³/mol. The molecule has 0 amide bonds. The van der Waals surface area contributed by atoms with E-state index in [2.05, 4.69) is 20.5 Å². The number of aromatic hydroxyl groups is 1. The first kappa shape index (κ1) is 17.5. The van der Waals surface area contributed by atoms with E-state index in [1.165, 1.54) is 18.6 Å². The van der Waals surface area contributed by atoms with Gasteiger partial charge < -0.3 is 15.2 Å². The van der Waals surface area contributed by atoms with Crippen LogP contribution in [0.4, 0.5) is 19.1 Å². The van der Waals surface area contributed by atoms with Gasteiger partial charge in [-0.1, -0.05) is 0 Å². The van der Waals surface area contributed by atoms with Crippen molar-refractivity contribution in [2.75, 3.05) is 18.5 Å². The van der Waals surface area contributed by atoms with Gasteiger partial charge in [0.25, 0.3) is 0 Å². The molecule has 0 radical (unpaired) electrons. The van der Waals surface area contributed by atoms with Crippen LogP contribution in [0.2, 0.25) is 0 Å². The number of phenols is 1. The van der Waals surface area contributed by atoms with E-state index in [1.54, 1.807) is 4.40 Å². The lowest BCUT2D eigenvalue weighted by molar-refractivity contribution is -0.137. The SMILES string of the molecule is Oc1cc(C(F)(F)F)ccc1-c1nnc(N[C@@H]2CCCOC2)n2cncc12. The van der Waals surface area contributed by atoms with Gasteiger partial charge in [-0.05, 0) is 31.0 Å². The summed E-state index contributed by atoms with van der Waals surface area (Å²) >= 11 is 0. The average molecular weight is 379 g/mol. The zero-order valence-electron chi connectivity index (χ0n) is 14.1. The quantitative estimate of drug-likeness (QED) is 0.728. The van der Waals surface area contributed by atoms with Crippen molar-refractivity contribution in [2.45, 2.75) is 25.1 Å². The first-order chi connectivity index (χ1) is 12.9. The van der Waals surface area contributed by atoms with Crippen LogP contribution >= 0.6 is 0 Å². The number of nitrogens with one attached hydrogen (secondary N) is 1. The lowest BCUT2D eigenvalue weighted by Gasteiger charge is -2.23. The number of hydrogen-bond donors (Lipinski definition) is 2. The van der Waals surface area contributed by atoms with E-state index >= 15 is 0 Å². The fraction of sp³-hybridized carbons (Fsp3) is 0.353. The second kappa shape index (κ2) is 6.69. The number of anilines is 1. The second-order valence-corrected chi connectivity index (χ2v) is 6.31. The van der Waals surface area contributed by atoms with Gasteiger partial charge in [0, 0.05) is 12.2 Å². The maximum absolute atomic E-state index is 12.8. The van der Waals surface area contributed by atoms with E-state index in [-0.39, 0.29) is 17.3 Å². The fourth-order valence-electron chi connectivity index (χ4n) is 3.07. The summed E-state index contributed by atoms with van der Waals surface area (Å²) in [6.45, 7) is 1.29. The van der Waals surface area contributed by atoms with Crippen molar-refractivity contribution >= 4 is 11.5 Å². The van der Waals surface area contributed by atoms with Gasteiger partial charge in [-0.25, -0.2) is 4.98 Å². The average Bonchev–Trinajstić information content (AvgIpc) is 3.13. The molecule has 142 valence electrons. The van der Waals surface area contributed by atoms with E-state index in [0.717, 1.165) is 25.5 Å². The largest absolute Gasteiger partial charge is 0.507 e. The Morgan fingerprint density at radius 1 is 1.26 bits per heavy atom. The standard InChI is InChI=1S/C17H16F3N5O2/c18-17(19,20)10-3-4-12(14(26)6-10)15-13-7-21-9-25(13)16(24-23-15)22-11-2-1-5-27-8-11/h3-4,6-7,9,11,26H,1-2,5,8H2,(H,22,24)/t11-/m1/s1. The Labute approximate surface area is 151 Å². The Morgan fingerprint density at radius 3 is 2.81 bits per heavy atom. The number of aromatic nitrogens is 4. The van der Waals surface area contributed by atoms with Crippen LogP contribution < -0.4 is 5.32 Å². The van der Waals surface area contributed by atoms with Gasteiger partial charge in [0.1, 0.15) is 17.8 Å². The third-order valence-electron chi connectivity index (χ3n) is 4.43. The monoisotopic (exact) mass is 379 g/mol. The molecule has 7 nitrogen and oxygen atoms in total. The van der Waals surface area contributed by atoms with Crippen molar-refractivity contribution < 1.29 is 23.0 Å². The van der Waals surface area contributed by atoms with Crippen LogP contribution in [0.25, 0.3) is 16.8 Å². The smallest absolute Gasteiger partial charge is 0.416 e. The molecule has 4 rings (SSSR count). The molecule has 10 heteroatoms. The number of phenolic OH excluding ortho intramolecular Hbond substituents is 1. The van der Waals surface area contributed by atoms with Gasteiger partial charge in [-0.3, -0.25) is 4.40 Å². The maximum atomic E-state index is 12.8. The highest BCUT2D eigenvalue weighted by atomic mass is 19.4. The highest BCUT2D eigenvalue weighted by Crippen LogP contribution is 2.37. The molecule has 1 aromatic carbocycles. The minimum Gasteiger partial charge on any atom is -0.507 e. The van der Waals surface area contributed by atoms with Crippen LogP contribution in [0.5, 0.6) is 5.75 Å².